The first kappa shape index (κ1) is 13.9. The number of benzene rings is 1. The summed E-state index contributed by atoms with van der Waals surface area (Å²) >= 11 is 7.75. The van der Waals surface area contributed by atoms with Gasteiger partial charge in [0.2, 0.25) is 0 Å². The highest BCUT2D eigenvalue weighted by Crippen LogP contribution is 2.31. The van der Waals surface area contributed by atoms with Crippen LogP contribution in [0.3, 0.4) is 0 Å². The molecule has 1 aromatic heterocycles. The van der Waals surface area contributed by atoms with E-state index < -0.39 is 0 Å². The van der Waals surface area contributed by atoms with Crippen LogP contribution in [0.25, 0.3) is 0 Å². The number of nitrogens with zero attached hydrogens (tertiary/aromatic N) is 2. The van der Waals surface area contributed by atoms with Crippen molar-refractivity contribution < 1.29 is 0 Å². The Morgan fingerprint density at radius 1 is 1.15 bits per heavy atom. The predicted molar refractivity (Wildman–Crippen MR) is 83.6 cm³/mol. The van der Waals surface area contributed by atoms with Crippen molar-refractivity contribution in [1.82, 2.24) is 9.97 Å². The molecular formula is C16H17ClN2S. The summed E-state index contributed by atoms with van der Waals surface area (Å²) in [4.78, 5) is 10.1. The lowest BCUT2D eigenvalue weighted by atomic mass is 10.1. The molecule has 2 aromatic rings. The lowest BCUT2D eigenvalue weighted by Gasteiger charge is -2.06. The molecular weight excluding hydrogens is 288 g/mol. The fourth-order valence-corrected chi connectivity index (χ4v) is 3.73. The monoisotopic (exact) mass is 304 g/mol. The van der Waals surface area contributed by atoms with E-state index in [-0.39, 0.29) is 0 Å². The second kappa shape index (κ2) is 6.15. The number of aromatic nitrogens is 2. The van der Waals surface area contributed by atoms with Gasteiger partial charge < -0.3 is 0 Å². The number of hydrogen-bond acceptors (Lipinski definition) is 3. The molecule has 3 rings (SSSR count). The molecule has 0 spiro atoms. The lowest BCUT2D eigenvalue weighted by Crippen LogP contribution is -1.96. The van der Waals surface area contributed by atoms with E-state index in [4.69, 9.17) is 11.6 Å². The average Bonchev–Trinajstić information content (AvgIpc) is 2.85. The van der Waals surface area contributed by atoms with Crippen molar-refractivity contribution in [3.63, 3.8) is 0 Å². The molecule has 0 amide bonds. The summed E-state index contributed by atoms with van der Waals surface area (Å²) in [5.41, 5.74) is 2.99. The molecule has 0 fully saturated rings. The van der Waals surface area contributed by atoms with Crippen molar-refractivity contribution in [2.24, 2.45) is 0 Å². The molecule has 0 N–H and O–H groups in total. The van der Waals surface area contributed by atoms with Crippen LogP contribution in [0.15, 0.2) is 34.2 Å². The van der Waals surface area contributed by atoms with Crippen LogP contribution < -0.4 is 0 Å². The van der Waals surface area contributed by atoms with Gasteiger partial charge in [-0.25, -0.2) is 9.97 Å². The molecule has 4 heteroatoms. The van der Waals surface area contributed by atoms with Crippen molar-refractivity contribution in [1.29, 1.82) is 0 Å². The van der Waals surface area contributed by atoms with E-state index in [1.807, 2.05) is 6.07 Å². The van der Waals surface area contributed by atoms with Crippen LogP contribution in [0.1, 0.15) is 36.7 Å². The highest BCUT2D eigenvalue weighted by molar-refractivity contribution is 7.99. The van der Waals surface area contributed by atoms with Gasteiger partial charge in [0, 0.05) is 17.4 Å². The highest BCUT2D eigenvalue weighted by Gasteiger charge is 2.12. The standard InChI is InChI=1S/C16H17ClN2S/c1-2-4-15-18-14(17)10-16(19-15)20-13-8-7-11-5-3-6-12(11)9-13/h7-10H,2-6H2,1H3. The predicted octanol–water partition coefficient (Wildman–Crippen LogP) is 4.72. The normalized spacial score (nSPS) is 13.5. The van der Waals surface area contributed by atoms with Crippen molar-refractivity contribution in [3.05, 3.63) is 46.4 Å². The summed E-state index contributed by atoms with van der Waals surface area (Å²) < 4.78 is 0. The lowest BCUT2D eigenvalue weighted by molar-refractivity contribution is 0.810. The number of rotatable bonds is 4. The first-order valence-corrected chi connectivity index (χ1v) is 8.27. The molecule has 2 nitrogen and oxygen atoms in total. The second-order valence-electron chi connectivity index (χ2n) is 5.08. The van der Waals surface area contributed by atoms with Crippen LogP contribution in [0.4, 0.5) is 0 Å². The summed E-state index contributed by atoms with van der Waals surface area (Å²) in [7, 11) is 0. The fourth-order valence-electron chi connectivity index (χ4n) is 2.56. The smallest absolute Gasteiger partial charge is 0.133 e. The summed E-state index contributed by atoms with van der Waals surface area (Å²) in [5, 5.41) is 1.47. The quantitative estimate of drug-likeness (QED) is 0.764. The summed E-state index contributed by atoms with van der Waals surface area (Å²) in [6.07, 6.45) is 5.61. The van der Waals surface area contributed by atoms with Gasteiger partial charge in [0.1, 0.15) is 16.0 Å². The van der Waals surface area contributed by atoms with Gasteiger partial charge in [-0.2, -0.15) is 0 Å². The average molecular weight is 305 g/mol. The van der Waals surface area contributed by atoms with Crippen molar-refractivity contribution >= 4 is 23.4 Å². The summed E-state index contributed by atoms with van der Waals surface area (Å²) in [6, 6.07) is 8.58. The van der Waals surface area contributed by atoms with E-state index in [0.29, 0.717) is 5.15 Å². The van der Waals surface area contributed by atoms with Gasteiger partial charge in [-0.15, -0.1) is 0 Å². The van der Waals surface area contributed by atoms with E-state index in [9.17, 15) is 0 Å². The SMILES string of the molecule is CCCc1nc(Cl)cc(Sc2ccc3c(c2)CCC3)n1. The van der Waals surface area contributed by atoms with Gasteiger partial charge >= 0.3 is 0 Å². The second-order valence-corrected chi connectivity index (χ2v) is 6.56. The third-order valence-corrected chi connectivity index (χ3v) is 4.59. The van der Waals surface area contributed by atoms with E-state index in [2.05, 4.69) is 35.1 Å². The largest absolute Gasteiger partial charge is 0.226 e. The van der Waals surface area contributed by atoms with Gasteiger partial charge in [-0.1, -0.05) is 36.4 Å². The molecule has 1 aromatic carbocycles. The van der Waals surface area contributed by atoms with Crippen molar-refractivity contribution in [2.45, 2.75) is 48.9 Å². The molecule has 0 radical (unpaired) electrons. The van der Waals surface area contributed by atoms with Crippen LogP contribution in [0.2, 0.25) is 5.15 Å². The molecule has 1 aliphatic rings. The Morgan fingerprint density at radius 3 is 2.85 bits per heavy atom. The van der Waals surface area contributed by atoms with Gasteiger partial charge in [-0.05, 0) is 48.9 Å². The third-order valence-electron chi connectivity index (χ3n) is 3.48. The molecule has 0 aliphatic heterocycles. The fraction of sp³-hybridized carbons (Fsp3) is 0.375. The van der Waals surface area contributed by atoms with Crippen LogP contribution >= 0.6 is 23.4 Å². The van der Waals surface area contributed by atoms with Gasteiger partial charge in [0.15, 0.2) is 0 Å². The third kappa shape index (κ3) is 3.15. The Bertz CT molecular complexity index is 628. The molecule has 20 heavy (non-hydrogen) atoms. The van der Waals surface area contributed by atoms with E-state index in [0.717, 1.165) is 23.7 Å². The van der Waals surface area contributed by atoms with Gasteiger partial charge in [0.05, 0.1) is 0 Å². The van der Waals surface area contributed by atoms with Gasteiger partial charge in [-0.3, -0.25) is 0 Å². The highest BCUT2D eigenvalue weighted by atomic mass is 35.5. The van der Waals surface area contributed by atoms with Crippen LogP contribution in [-0.2, 0) is 19.3 Å². The first-order chi connectivity index (χ1) is 9.74. The van der Waals surface area contributed by atoms with E-state index in [1.54, 1.807) is 11.8 Å². The number of halogens is 1. The first-order valence-electron chi connectivity index (χ1n) is 7.07. The molecule has 1 heterocycles. The Balaban J connectivity index is 1.83. The maximum atomic E-state index is 6.08. The molecule has 0 bridgehead atoms. The number of fused-ring (bicyclic) bond motifs is 1. The number of aryl methyl sites for hydroxylation is 3. The van der Waals surface area contributed by atoms with Gasteiger partial charge in [0.25, 0.3) is 0 Å². The van der Waals surface area contributed by atoms with Crippen LogP contribution in [0.5, 0.6) is 0 Å². The molecule has 0 atom stereocenters. The molecule has 0 unspecified atom stereocenters. The maximum absolute atomic E-state index is 6.08. The zero-order valence-electron chi connectivity index (χ0n) is 11.5. The molecule has 0 saturated heterocycles. The van der Waals surface area contributed by atoms with E-state index >= 15 is 0 Å². The van der Waals surface area contributed by atoms with Crippen LogP contribution in [0, 0.1) is 0 Å². The Kier molecular flexibility index (Phi) is 4.27. The minimum absolute atomic E-state index is 0.534. The van der Waals surface area contributed by atoms with Crippen LogP contribution in [-0.4, -0.2) is 9.97 Å². The Hall–Kier alpha value is -1.06. The zero-order chi connectivity index (χ0) is 13.9. The summed E-state index contributed by atoms with van der Waals surface area (Å²) in [5.74, 6) is 0.837. The van der Waals surface area contributed by atoms with E-state index in [1.165, 1.54) is 35.3 Å². The maximum Gasteiger partial charge on any atom is 0.133 e. The molecule has 104 valence electrons. The Labute approximate surface area is 129 Å². The summed E-state index contributed by atoms with van der Waals surface area (Å²) in [6.45, 7) is 2.12. The van der Waals surface area contributed by atoms with Crippen molar-refractivity contribution in [3.8, 4) is 0 Å². The minimum Gasteiger partial charge on any atom is -0.226 e. The molecule has 0 saturated carbocycles. The molecule has 1 aliphatic carbocycles. The Morgan fingerprint density at radius 2 is 2.00 bits per heavy atom. The van der Waals surface area contributed by atoms with Crippen molar-refractivity contribution in [2.75, 3.05) is 0 Å². The zero-order valence-corrected chi connectivity index (χ0v) is 13.1. The number of hydrogen-bond donors (Lipinski definition) is 0. The topological polar surface area (TPSA) is 25.8 Å². The minimum atomic E-state index is 0.534.